The fourth-order valence-electron chi connectivity index (χ4n) is 2.85. The monoisotopic (exact) mass is 350 g/mol. The Morgan fingerprint density at radius 2 is 1.70 bits per heavy atom. The van der Waals surface area contributed by atoms with Crippen molar-refractivity contribution in [2.45, 2.75) is 23.2 Å². The number of ether oxygens (including phenoxy) is 1. The molecule has 0 radical (unpaired) electrons. The topological polar surface area (TPSA) is 60.4 Å². The zero-order chi connectivity index (χ0) is 16.7. The van der Waals surface area contributed by atoms with Crippen LogP contribution < -0.4 is 0 Å². The zero-order valence-electron chi connectivity index (χ0n) is 12.5. The van der Waals surface area contributed by atoms with E-state index in [-0.39, 0.29) is 10.9 Å². The highest BCUT2D eigenvalue weighted by atomic mass is 35.7. The van der Waals surface area contributed by atoms with Gasteiger partial charge in [0.1, 0.15) is 0 Å². The lowest BCUT2D eigenvalue weighted by Gasteiger charge is -2.17. The van der Waals surface area contributed by atoms with E-state index in [4.69, 9.17) is 15.4 Å². The van der Waals surface area contributed by atoms with Gasteiger partial charge in [0, 0.05) is 10.7 Å². The van der Waals surface area contributed by atoms with Gasteiger partial charge in [0.25, 0.3) is 9.05 Å². The number of hydrogen-bond acceptors (Lipinski definition) is 4. The van der Waals surface area contributed by atoms with Gasteiger partial charge in [-0.05, 0) is 41.7 Å². The van der Waals surface area contributed by atoms with Gasteiger partial charge >= 0.3 is 5.97 Å². The third-order valence-electron chi connectivity index (χ3n) is 4.22. The Morgan fingerprint density at radius 3 is 2.22 bits per heavy atom. The Balaban J connectivity index is 2.07. The number of carbonyl (C=O) groups is 1. The predicted molar refractivity (Wildman–Crippen MR) is 87.8 cm³/mol. The van der Waals surface area contributed by atoms with Crippen LogP contribution in [0, 0.1) is 0 Å². The van der Waals surface area contributed by atoms with Gasteiger partial charge in [-0.3, -0.25) is 4.79 Å². The Morgan fingerprint density at radius 1 is 1.09 bits per heavy atom. The third-order valence-corrected chi connectivity index (χ3v) is 5.59. The molecule has 0 amide bonds. The lowest BCUT2D eigenvalue weighted by atomic mass is 9.88. The summed E-state index contributed by atoms with van der Waals surface area (Å²) in [6.45, 7) is 0. The van der Waals surface area contributed by atoms with Crippen molar-refractivity contribution in [2.75, 3.05) is 7.11 Å². The quantitative estimate of drug-likeness (QED) is 0.625. The molecule has 1 fully saturated rings. The molecule has 0 aliphatic heterocycles. The highest BCUT2D eigenvalue weighted by molar-refractivity contribution is 8.13. The van der Waals surface area contributed by atoms with E-state index in [1.165, 1.54) is 19.2 Å². The number of carbonyl (C=O) groups excluding carboxylic acids is 1. The molecule has 2 aromatic carbocycles. The van der Waals surface area contributed by atoms with Crippen molar-refractivity contribution >= 4 is 25.7 Å². The molecule has 0 heterocycles. The molecule has 2 aromatic rings. The highest BCUT2D eigenvalue weighted by Crippen LogP contribution is 2.52. The Labute approximate surface area is 139 Å². The molecule has 120 valence electrons. The average molecular weight is 351 g/mol. The van der Waals surface area contributed by atoms with Gasteiger partial charge in [0.2, 0.25) is 0 Å². The van der Waals surface area contributed by atoms with E-state index < -0.39 is 14.5 Å². The van der Waals surface area contributed by atoms with Crippen molar-refractivity contribution in [2.24, 2.45) is 0 Å². The summed E-state index contributed by atoms with van der Waals surface area (Å²) >= 11 is 0. The third kappa shape index (κ3) is 2.86. The van der Waals surface area contributed by atoms with Crippen molar-refractivity contribution in [1.29, 1.82) is 0 Å². The first-order chi connectivity index (χ1) is 10.9. The molecule has 3 rings (SSSR count). The number of rotatable bonds is 4. The Bertz CT molecular complexity index is 852. The maximum Gasteiger partial charge on any atom is 0.316 e. The minimum Gasteiger partial charge on any atom is -0.468 e. The largest absolute Gasteiger partial charge is 0.468 e. The minimum atomic E-state index is -3.75. The molecular formula is C17H15ClO4S. The molecule has 0 unspecified atom stereocenters. The molecule has 6 heteroatoms. The van der Waals surface area contributed by atoms with Crippen LogP contribution in [0.25, 0.3) is 11.1 Å². The summed E-state index contributed by atoms with van der Waals surface area (Å²) in [5.74, 6) is -0.232. The first kappa shape index (κ1) is 16.0. The maximum absolute atomic E-state index is 12.1. The molecule has 1 aliphatic carbocycles. The van der Waals surface area contributed by atoms with Gasteiger partial charge in [0.05, 0.1) is 17.4 Å². The van der Waals surface area contributed by atoms with E-state index in [0.29, 0.717) is 0 Å². The maximum atomic E-state index is 12.1. The van der Waals surface area contributed by atoms with Gasteiger partial charge < -0.3 is 4.74 Å². The average Bonchev–Trinajstić information content (AvgIpc) is 3.35. The molecular weight excluding hydrogens is 336 g/mol. The smallest absolute Gasteiger partial charge is 0.316 e. The van der Waals surface area contributed by atoms with E-state index >= 15 is 0 Å². The second kappa shape index (κ2) is 5.65. The van der Waals surface area contributed by atoms with Crippen molar-refractivity contribution in [1.82, 2.24) is 0 Å². The van der Waals surface area contributed by atoms with Crippen LogP contribution in [-0.4, -0.2) is 21.5 Å². The molecule has 0 aromatic heterocycles. The predicted octanol–water partition coefficient (Wildman–Crippen LogP) is 3.49. The van der Waals surface area contributed by atoms with Crippen molar-refractivity contribution < 1.29 is 17.9 Å². The van der Waals surface area contributed by atoms with E-state index in [1.54, 1.807) is 12.1 Å². The van der Waals surface area contributed by atoms with Crippen molar-refractivity contribution in [3.63, 3.8) is 0 Å². The van der Waals surface area contributed by atoms with Gasteiger partial charge in [-0.15, -0.1) is 0 Å². The summed E-state index contributed by atoms with van der Waals surface area (Å²) in [4.78, 5) is 12.2. The standard InChI is InChI=1S/C17H15ClO4S/c1-22-16(19)17(10-11-17)15-5-3-2-4-14(15)12-6-8-13(9-7-12)23(18,20)21/h2-9H,10-11H2,1H3. The first-order valence-corrected chi connectivity index (χ1v) is 9.42. The van der Waals surface area contributed by atoms with Crippen LogP contribution in [0.2, 0.25) is 0 Å². The van der Waals surface area contributed by atoms with E-state index in [2.05, 4.69) is 0 Å². The summed E-state index contributed by atoms with van der Waals surface area (Å²) in [5.41, 5.74) is 2.06. The fourth-order valence-corrected chi connectivity index (χ4v) is 3.62. The fraction of sp³-hybridized carbons (Fsp3) is 0.235. The lowest BCUT2D eigenvalue weighted by molar-refractivity contribution is -0.143. The van der Waals surface area contributed by atoms with Crippen LogP contribution in [0.3, 0.4) is 0 Å². The summed E-state index contributed by atoms with van der Waals surface area (Å²) in [5, 5.41) is 0. The number of esters is 1. The molecule has 0 atom stereocenters. The van der Waals surface area contributed by atoms with E-state index in [0.717, 1.165) is 29.5 Å². The van der Waals surface area contributed by atoms with Crippen molar-refractivity contribution in [3.8, 4) is 11.1 Å². The second-order valence-corrected chi connectivity index (χ2v) is 8.15. The Hall–Kier alpha value is -1.85. The summed E-state index contributed by atoms with van der Waals surface area (Å²) in [6, 6.07) is 13.9. The molecule has 1 saturated carbocycles. The molecule has 0 N–H and O–H groups in total. The van der Waals surface area contributed by atoms with Gasteiger partial charge in [0.15, 0.2) is 0 Å². The molecule has 4 nitrogen and oxygen atoms in total. The van der Waals surface area contributed by atoms with Crippen LogP contribution in [0.15, 0.2) is 53.4 Å². The normalized spacial score (nSPS) is 15.9. The SMILES string of the molecule is COC(=O)C1(c2ccccc2-c2ccc(S(=O)(=O)Cl)cc2)CC1. The van der Waals surface area contributed by atoms with Gasteiger partial charge in [-0.1, -0.05) is 36.4 Å². The number of hydrogen-bond donors (Lipinski definition) is 0. The second-order valence-electron chi connectivity index (χ2n) is 5.58. The van der Waals surface area contributed by atoms with Gasteiger partial charge in [-0.25, -0.2) is 8.42 Å². The molecule has 23 heavy (non-hydrogen) atoms. The summed E-state index contributed by atoms with van der Waals surface area (Å²) in [7, 11) is 2.99. The molecule has 0 spiro atoms. The number of benzene rings is 2. The van der Waals surface area contributed by atoms with E-state index in [9.17, 15) is 13.2 Å². The number of halogens is 1. The summed E-state index contributed by atoms with van der Waals surface area (Å²) in [6.07, 6.45) is 1.51. The van der Waals surface area contributed by atoms with Crippen molar-refractivity contribution in [3.05, 3.63) is 54.1 Å². The number of methoxy groups -OCH3 is 1. The van der Waals surface area contributed by atoms with Crippen LogP contribution in [0.5, 0.6) is 0 Å². The van der Waals surface area contributed by atoms with Crippen LogP contribution in [-0.2, 0) is 24.0 Å². The van der Waals surface area contributed by atoms with Crippen LogP contribution >= 0.6 is 10.7 Å². The Kier molecular flexibility index (Phi) is 3.94. The lowest BCUT2D eigenvalue weighted by Crippen LogP contribution is -2.22. The first-order valence-electron chi connectivity index (χ1n) is 7.11. The minimum absolute atomic E-state index is 0.0505. The van der Waals surface area contributed by atoms with Crippen LogP contribution in [0.1, 0.15) is 18.4 Å². The summed E-state index contributed by atoms with van der Waals surface area (Å²) < 4.78 is 27.6. The molecule has 0 saturated heterocycles. The highest BCUT2D eigenvalue weighted by Gasteiger charge is 2.53. The van der Waals surface area contributed by atoms with E-state index in [1.807, 2.05) is 24.3 Å². The molecule has 0 bridgehead atoms. The zero-order valence-corrected chi connectivity index (χ0v) is 14.0. The molecule has 1 aliphatic rings. The van der Waals surface area contributed by atoms with Gasteiger partial charge in [-0.2, -0.15) is 0 Å². The van der Waals surface area contributed by atoms with Crippen LogP contribution in [0.4, 0.5) is 0 Å².